The van der Waals surface area contributed by atoms with E-state index in [4.69, 9.17) is 10.2 Å². The van der Waals surface area contributed by atoms with Gasteiger partial charge >= 0.3 is 0 Å². The topological polar surface area (TPSA) is 88.5 Å². The van der Waals surface area contributed by atoms with Crippen molar-refractivity contribution < 1.29 is 14.3 Å². The van der Waals surface area contributed by atoms with E-state index in [0.717, 1.165) is 25.7 Å². The number of furan rings is 1. The molecule has 2 rings (SSSR count). The van der Waals surface area contributed by atoms with E-state index in [0.29, 0.717) is 5.76 Å². The number of aliphatic hydroxyl groups excluding tert-OH is 1. The number of nitrogens with two attached hydrogens (primary N) is 1. The van der Waals surface area contributed by atoms with E-state index in [2.05, 4.69) is 5.32 Å². The number of carbonyl (C=O) groups excluding carboxylic acids is 1. The molecule has 0 radical (unpaired) electrons. The standard InChI is InChI=1S/C13H20N2O3/c14-7-10-5-6-12(18-10)13(17)15-11-4-2-1-3-9(11)8-16/h5-6,9,11,16H,1-4,7-8,14H2,(H,15,17). The van der Waals surface area contributed by atoms with E-state index in [1.54, 1.807) is 12.1 Å². The monoisotopic (exact) mass is 252 g/mol. The molecule has 1 aliphatic carbocycles. The van der Waals surface area contributed by atoms with Crippen LogP contribution in [0.25, 0.3) is 0 Å². The Bertz CT molecular complexity index is 403. The lowest BCUT2D eigenvalue weighted by Crippen LogP contribution is -2.43. The van der Waals surface area contributed by atoms with Gasteiger partial charge < -0.3 is 20.6 Å². The summed E-state index contributed by atoms with van der Waals surface area (Å²) in [5.41, 5.74) is 5.43. The number of hydrogen-bond acceptors (Lipinski definition) is 4. The quantitative estimate of drug-likeness (QED) is 0.746. The van der Waals surface area contributed by atoms with Crippen LogP contribution in [0.3, 0.4) is 0 Å². The SMILES string of the molecule is NCc1ccc(C(=O)NC2CCCCC2CO)o1. The highest BCUT2D eigenvalue weighted by molar-refractivity contribution is 5.91. The average molecular weight is 252 g/mol. The largest absolute Gasteiger partial charge is 0.455 e. The molecule has 1 saturated carbocycles. The molecular weight excluding hydrogens is 232 g/mol. The maximum Gasteiger partial charge on any atom is 0.287 e. The second-order valence-electron chi connectivity index (χ2n) is 4.78. The predicted molar refractivity (Wildman–Crippen MR) is 66.9 cm³/mol. The molecule has 0 saturated heterocycles. The maximum atomic E-state index is 12.0. The molecule has 0 spiro atoms. The van der Waals surface area contributed by atoms with E-state index >= 15 is 0 Å². The Kier molecular flexibility index (Phi) is 4.38. The van der Waals surface area contributed by atoms with Gasteiger partial charge in [0.1, 0.15) is 5.76 Å². The molecule has 0 aromatic carbocycles. The lowest BCUT2D eigenvalue weighted by Gasteiger charge is -2.30. The van der Waals surface area contributed by atoms with Crippen molar-refractivity contribution in [1.82, 2.24) is 5.32 Å². The molecule has 2 unspecified atom stereocenters. The number of nitrogens with one attached hydrogen (secondary N) is 1. The summed E-state index contributed by atoms with van der Waals surface area (Å²) in [6.07, 6.45) is 4.10. The van der Waals surface area contributed by atoms with Crippen LogP contribution in [0.5, 0.6) is 0 Å². The minimum Gasteiger partial charge on any atom is -0.455 e. The summed E-state index contributed by atoms with van der Waals surface area (Å²) in [5, 5.41) is 12.2. The Morgan fingerprint density at radius 2 is 2.22 bits per heavy atom. The normalized spacial score (nSPS) is 23.9. The second kappa shape index (κ2) is 6.02. The first-order valence-electron chi connectivity index (χ1n) is 6.45. The van der Waals surface area contributed by atoms with Crippen molar-refractivity contribution in [2.24, 2.45) is 11.7 Å². The van der Waals surface area contributed by atoms with Crippen LogP contribution in [0.1, 0.15) is 42.0 Å². The smallest absolute Gasteiger partial charge is 0.287 e. The molecule has 0 bridgehead atoms. The molecule has 5 nitrogen and oxygen atoms in total. The molecule has 1 aromatic rings. The van der Waals surface area contributed by atoms with Crippen molar-refractivity contribution in [3.63, 3.8) is 0 Å². The Balaban J connectivity index is 1.97. The third-order valence-electron chi connectivity index (χ3n) is 3.55. The summed E-state index contributed by atoms with van der Waals surface area (Å²) in [5.74, 6) is 0.826. The molecular formula is C13H20N2O3. The first kappa shape index (κ1) is 13.1. The van der Waals surface area contributed by atoms with Crippen LogP contribution in [-0.4, -0.2) is 23.7 Å². The summed E-state index contributed by atoms with van der Waals surface area (Å²) in [7, 11) is 0. The number of rotatable bonds is 4. The average Bonchev–Trinajstić information content (AvgIpc) is 2.88. The summed E-state index contributed by atoms with van der Waals surface area (Å²) in [6.45, 7) is 0.410. The molecule has 4 N–H and O–H groups in total. The Hall–Kier alpha value is -1.33. The van der Waals surface area contributed by atoms with Gasteiger partial charge in [-0.05, 0) is 25.0 Å². The van der Waals surface area contributed by atoms with Gasteiger partial charge in [0.2, 0.25) is 0 Å². The maximum absolute atomic E-state index is 12.0. The summed E-state index contributed by atoms with van der Waals surface area (Å²) < 4.78 is 5.31. The first-order valence-corrected chi connectivity index (χ1v) is 6.45. The highest BCUT2D eigenvalue weighted by atomic mass is 16.4. The molecule has 1 aliphatic rings. The molecule has 1 aromatic heterocycles. The van der Waals surface area contributed by atoms with E-state index < -0.39 is 0 Å². The molecule has 1 heterocycles. The van der Waals surface area contributed by atoms with Gasteiger partial charge in [-0.25, -0.2) is 0 Å². The summed E-state index contributed by atoms with van der Waals surface area (Å²) in [6, 6.07) is 3.39. The fourth-order valence-corrected chi connectivity index (χ4v) is 2.47. The molecule has 1 amide bonds. The van der Waals surface area contributed by atoms with E-state index in [9.17, 15) is 9.90 Å². The lowest BCUT2D eigenvalue weighted by atomic mass is 9.85. The minimum absolute atomic E-state index is 0.0441. The van der Waals surface area contributed by atoms with E-state index in [1.807, 2.05) is 0 Å². The zero-order valence-electron chi connectivity index (χ0n) is 10.4. The molecule has 1 fully saturated rings. The van der Waals surface area contributed by atoms with Gasteiger partial charge in [-0.15, -0.1) is 0 Å². The van der Waals surface area contributed by atoms with Crippen LogP contribution in [0.4, 0.5) is 0 Å². The number of hydrogen-bond donors (Lipinski definition) is 3. The highest BCUT2D eigenvalue weighted by Gasteiger charge is 2.26. The molecule has 0 aliphatic heterocycles. The Morgan fingerprint density at radius 3 is 2.89 bits per heavy atom. The van der Waals surface area contributed by atoms with Crippen molar-refractivity contribution >= 4 is 5.91 Å². The zero-order chi connectivity index (χ0) is 13.0. The number of amides is 1. The van der Waals surface area contributed by atoms with Crippen LogP contribution in [0.15, 0.2) is 16.5 Å². The van der Waals surface area contributed by atoms with Crippen molar-refractivity contribution in [3.8, 4) is 0 Å². The molecule has 5 heteroatoms. The second-order valence-corrected chi connectivity index (χ2v) is 4.78. The first-order chi connectivity index (χ1) is 8.74. The van der Waals surface area contributed by atoms with Crippen LogP contribution in [0.2, 0.25) is 0 Å². The molecule has 100 valence electrons. The van der Waals surface area contributed by atoms with Gasteiger partial charge in [-0.1, -0.05) is 12.8 Å². The summed E-state index contributed by atoms with van der Waals surface area (Å²) >= 11 is 0. The van der Waals surface area contributed by atoms with Gasteiger partial charge in [-0.2, -0.15) is 0 Å². The fraction of sp³-hybridized carbons (Fsp3) is 0.615. The predicted octanol–water partition coefficient (Wildman–Crippen LogP) is 1.02. The Labute approximate surface area is 106 Å². The molecule has 18 heavy (non-hydrogen) atoms. The van der Waals surface area contributed by atoms with Crippen LogP contribution in [0, 0.1) is 5.92 Å². The highest BCUT2D eigenvalue weighted by Crippen LogP contribution is 2.24. The van der Waals surface area contributed by atoms with E-state index in [-0.39, 0.29) is 36.8 Å². The lowest BCUT2D eigenvalue weighted by molar-refractivity contribution is 0.0843. The van der Waals surface area contributed by atoms with Crippen LogP contribution < -0.4 is 11.1 Å². The van der Waals surface area contributed by atoms with Crippen molar-refractivity contribution in [3.05, 3.63) is 23.7 Å². The third kappa shape index (κ3) is 2.91. The van der Waals surface area contributed by atoms with Crippen LogP contribution >= 0.6 is 0 Å². The van der Waals surface area contributed by atoms with Gasteiger partial charge in [-0.3, -0.25) is 4.79 Å². The van der Waals surface area contributed by atoms with Crippen LogP contribution in [-0.2, 0) is 6.54 Å². The van der Waals surface area contributed by atoms with Gasteiger partial charge in [0.25, 0.3) is 5.91 Å². The van der Waals surface area contributed by atoms with Crippen molar-refractivity contribution in [2.75, 3.05) is 6.61 Å². The van der Waals surface area contributed by atoms with Gasteiger partial charge in [0.05, 0.1) is 6.54 Å². The minimum atomic E-state index is -0.222. The number of aliphatic hydroxyl groups is 1. The van der Waals surface area contributed by atoms with Crippen molar-refractivity contribution in [2.45, 2.75) is 38.3 Å². The molecule has 2 atom stereocenters. The van der Waals surface area contributed by atoms with Crippen molar-refractivity contribution in [1.29, 1.82) is 0 Å². The third-order valence-corrected chi connectivity index (χ3v) is 3.55. The zero-order valence-corrected chi connectivity index (χ0v) is 10.4. The number of carbonyl (C=O) groups is 1. The van der Waals surface area contributed by atoms with E-state index in [1.165, 1.54) is 0 Å². The summed E-state index contributed by atoms with van der Waals surface area (Å²) in [4.78, 5) is 12.0. The fourth-order valence-electron chi connectivity index (χ4n) is 2.47. The van der Waals surface area contributed by atoms with Gasteiger partial charge in [0.15, 0.2) is 5.76 Å². The van der Waals surface area contributed by atoms with Gasteiger partial charge in [0, 0.05) is 18.6 Å². The Morgan fingerprint density at radius 1 is 1.44 bits per heavy atom.